The summed E-state index contributed by atoms with van der Waals surface area (Å²) in [7, 11) is 1.66. The van der Waals surface area contributed by atoms with E-state index in [-0.39, 0.29) is 12.4 Å². The zero-order chi connectivity index (χ0) is 17.5. The van der Waals surface area contributed by atoms with Gasteiger partial charge in [0.1, 0.15) is 5.82 Å². The molecule has 1 heterocycles. The van der Waals surface area contributed by atoms with E-state index in [4.69, 9.17) is 5.26 Å². The van der Waals surface area contributed by atoms with Gasteiger partial charge in [0.15, 0.2) is 5.96 Å². The third-order valence-electron chi connectivity index (χ3n) is 3.55. The fraction of sp³-hybridized carbons (Fsp3) is 0.353. The van der Waals surface area contributed by atoms with Gasteiger partial charge in [0.05, 0.1) is 22.3 Å². The van der Waals surface area contributed by atoms with Crippen molar-refractivity contribution in [1.29, 1.82) is 5.26 Å². The third-order valence-corrected chi connectivity index (χ3v) is 4.68. The molecule has 24 heavy (non-hydrogen) atoms. The Morgan fingerprint density at radius 1 is 1.38 bits per heavy atom. The topological polar surface area (TPSA) is 73.1 Å². The van der Waals surface area contributed by atoms with Gasteiger partial charge in [0, 0.05) is 37.0 Å². The number of nitrogens with zero attached hydrogens (tertiary/aromatic N) is 3. The van der Waals surface area contributed by atoms with Crippen molar-refractivity contribution in [3.63, 3.8) is 0 Å². The van der Waals surface area contributed by atoms with Crippen molar-refractivity contribution in [2.45, 2.75) is 26.8 Å². The van der Waals surface area contributed by atoms with Crippen molar-refractivity contribution in [2.75, 3.05) is 13.6 Å². The summed E-state index contributed by atoms with van der Waals surface area (Å²) in [5.41, 5.74) is 1.94. The maximum Gasteiger partial charge on any atom is 0.191 e. The number of hydrogen-bond donors (Lipinski definition) is 2. The molecule has 1 aromatic heterocycles. The van der Waals surface area contributed by atoms with E-state index in [1.807, 2.05) is 13.0 Å². The average molecular weight is 345 g/mol. The molecule has 0 unspecified atom stereocenters. The first-order valence-electron chi connectivity index (χ1n) is 7.59. The number of aryl methyl sites for hydroxylation is 2. The molecule has 1 aromatic carbocycles. The second-order valence-electron chi connectivity index (χ2n) is 5.27. The van der Waals surface area contributed by atoms with E-state index in [1.165, 1.54) is 23.1 Å². The van der Waals surface area contributed by atoms with Crippen LogP contribution in [0.4, 0.5) is 4.39 Å². The number of aliphatic imine (C=N–C) groups is 1. The van der Waals surface area contributed by atoms with Crippen LogP contribution in [0.3, 0.4) is 0 Å². The molecule has 0 spiro atoms. The van der Waals surface area contributed by atoms with Crippen molar-refractivity contribution in [3.8, 4) is 6.07 Å². The lowest BCUT2D eigenvalue weighted by Gasteiger charge is -2.12. The maximum atomic E-state index is 13.8. The first-order chi connectivity index (χ1) is 11.5. The normalized spacial score (nSPS) is 11.2. The molecule has 0 aliphatic carbocycles. The molecule has 5 nitrogen and oxygen atoms in total. The average Bonchev–Trinajstić information content (AvgIpc) is 2.90. The van der Waals surface area contributed by atoms with Gasteiger partial charge in [-0.05, 0) is 32.0 Å². The summed E-state index contributed by atoms with van der Waals surface area (Å²) in [6.07, 6.45) is 0.804. The van der Waals surface area contributed by atoms with Crippen LogP contribution in [0, 0.1) is 31.0 Å². The van der Waals surface area contributed by atoms with Crippen molar-refractivity contribution in [1.82, 2.24) is 15.6 Å². The van der Waals surface area contributed by atoms with E-state index >= 15 is 0 Å². The SMILES string of the molecule is CN=C(NCCc1nc(C)c(C)s1)NCc1cc(C#N)ccc1F. The largest absolute Gasteiger partial charge is 0.356 e. The van der Waals surface area contributed by atoms with Gasteiger partial charge in [-0.3, -0.25) is 4.99 Å². The van der Waals surface area contributed by atoms with Crippen LogP contribution < -0.4 is 10.6 Å². The van der Waals surface area contributed by atoms with Gasteiger partial charge in [-0.15, -0.1) is 11.3 Å². The zero-order valence-electron chi connectivity index (χ0n) is 14.0. The highest BCUT2D eigenvalue weighted by Crippen LogP contribution is 2.16. The molecule has 0 aliphatic rings. The number of aromatic nitrogens is 1. The van der Waals surface area contributed by atoms with Crippen molar-refractivity contribution >= 4 is 17.3 Å². The number of halogens is 1. The highest BCUT2D eigenvalue weighted by atomic mass is 32.1. The van der Waals surface area contributed by atoms with E-state index in [2.05, 4.69) is 27.5 Å². The van der Waals surface area contributed by atoms with Gasteiger partial charge in [-0.25, -0.2) is 9.37 Å². The summed E-state index contributed by atoms with van der Waals surface area (Å²) < 4.78 is 13.8. The molecule has 0 atom stereocenters. The summed E-state index contributed by atoms with van der Waals surface area (Å²) in [6.45, 7) is 5.02. The second-order valence-corrected chi connectivity index (χ2v) is 6.56. The lowest BCUT2D eigenvalue weighted by atomic mass is 10.1. The van der Waals surface area contributed by atoms with Gasteiger partial charge >= 0.3 is 0 Å². The van der Waals surface area contributed by atoms with Crippen LogP contribution >= 0.6 is 11.3 Å². The minimum Gasteiger partial charge on any atom is -0.356 e. The molecule has 126 valence electrons. The molecule has 0 saturated carbocycles. The van der Waals surface area contributed by atoms with Crippen LogP contribution in [-0.2, 0) is 13.0 Å². The maximum absolute atomic E-state index is 13.8. The lowest BCUT2D eigenvalue weighted by Crippen LogP contribution is -2.38. The van der Waals surface area contributed by atoms with E-state index < -0.39 is 0 Å². The smallest absolute Gasteiger partial charge is 0.191 e. The van der Waals surface area contributed by atoms with E-state index in [1.54, 1.807) is 18.4 Å². The molecule has 2 aromatic rings. The monoisotopic (exact) mass is 345 g/mol. The summed E-state index contributed by atoms with van der Waals surface area (Å²) in [5.74, 6) is 0.243. The molecule has 7 heteroatoms. The molecular formula is C17H20FN5S. The number of thiazole rings is 1. The number of nitrogens with one attached hydrogen (secondary N) is 2. The van der Waals surface area contributed by atoms with E-state index in [9.17, 15) is 4.39 Å². The highest BCUT2D eigenvalue weighted by Gasteiger charge is 2.06. The molecule has 0 fully saturated rings. The summed E-state index contributed by atoms with van der Waals surface area (Å²) >= 11 is 1.70. The van der Waals surface area contributed by atoms with Gasteiger partial charge in [-0.2, -0.15) is 5.26 Å². The first-order valence-corrected chi connectivity index (χ1v) is 8.41. The summed E-state index contributed by atoms with van der Waals surface area (Å²) in [5, 5.41) is 16.2. The minimum atomic E-state index is -0.342. The molecule has 0 radical (unpaired) electrons. The number of guanidine groups is 1. The Balaban J connectivity index is 1.85. The van der Waals surface area contributed by atoms with Gasteiger partial charge < -0.3 is 10.6 Å². The molecule has 2 N–H and O–H groups in total. The predicted molar refractivity (Wildman–Crippen MR) is 94.6 cm³/mol. The summed E-state index contributed by atoms with van der Waals surface area (Å²) in [4.78, 5) is 9.85. The Hall–Kier alpha value is -2.46. The predicted octanol–water partition coefficient (Wildman–Crippen LogP) is 2.68. The van der Waals surface area contributed by atoms with Gasteiger partial charge in [-0.1, -0.05) is 0 Å². The van der Waals surface area contributed by atoms with Crippen LogP contribution in [0.5, 0.6) is 0 Å². The zero-order valence-corrected chi connectivity index (χ0v) is 14.8. The molecule has 0 bridgehead atoms. The lowest BCUT2D eigenvalue weighted by molar-refractivity contribution is 0.604. The minimum absolute atomic E-state index is 0.260. The number of nitriles is 1. The first kappa shape index (κ1) is 17.9. The fourth-order valence-electron chi connectivity index (χ4n) is 2.11. The van der Waals surface area contributed by atoms with Crippen LogP contribution in [-0.4, -0.2) is 24.5 Å². The van der Waals surface area contributed by atoms with Crippen molar-refractivity contribution in [2.24, 2.45) is 4.99 Å². The van der Waals surface area contributed by atoms with Crippen LogP contribution in [0.15, 0.2) is 23.2 Å². The van der Waals surface area contributed by atoms with E-state index in [0.717, 1.165) is 17.1 Å². The molecule has 0 saturated heterocycles. The van der Waals surface area contributed by atoms with E-state index in [0.29, 0.717) is 23.6 Å². The molecule has 0 amide bonds. The Bertz CT molecular complexity index is 756. The fourth-order valence-corrected chi connectivity index (χ4v) is 3.05. The quantitative estimate of drug-likeness (QED) is 0.645. The highest BCUT2D eigenvalue weighted by molar-refractivity contribution is 7.11. The Morgan fingerprint density at radius 2 is 2.17 bits per heavy atom. The Morgan fingerprint density at radius 3 is 2.79 bits per heavy atom. The van der Waals surface area contributed by atoms with Gasteiger partial charge in [0.25, 0.3) is 0 Å². The second kappa shape index (κ2) is 8.41. The molecular weight excluding hydrogens is 325 g/mol. The molecule has 0 aliphatic heterocycles. The van der Waals surface area contributed by atoms with Crippen LogP contribution in [0.25, 0.3) is 0 Å². The molecule has 2 rings (SSSR count). The van der Waals surface area contributed by atoms with Crippen molar-refractivity contribution in [3.05, 3.63) is 50.7 Å². The van der Waals surface area contributed by atoms with Crippen molar-refractivity contribution < 1.29 is 4.39 Å². The summed E-state index contributed by atoms with van der Waals surface area (Å²) in [6, 6.07) is 6.31. The van der Waals surface area contributed by atoms with Gasteiger partial charge in [0.2, 0.25) is 0 Å². The Kier molecular flexibility index (Phi) is 6.27. The van der Waals surface area contributed by atoms with Crippen LogP contribution in [0.2, 0.25) is 0 Å². The number of benzene rings is 1. The van der Waals surface area contributed by atoms with Crippen LogP contribution in [0.1, 0.15) is 26.7 Å². The Labute approximate surface area is 145 Å². The third kappa shape index (κ3) is 4.77. The number of rotatable bonds is 5. The number of hydrogen-bond acceptors (Lipinski definition) is 4. The standard InChI is InChI=1S/C17H20FN5S/c1-11-12(2)24-16(23-11)6-7-21-17(20-3)22-10-14-8-13(9-19)4-5-15(14)18/h4-5,8H,6-7,10H2,1-3H3,(H2,20,21,22).